The summed E-state index contributed by atoms with van der Waals surface area (Å²) < 4.78 is 11.5. The molecule has 2 aromatic rings. The third kappa shape index (κ3) is 2.76. The van der Waals surface area contributed by atoms with Crippen molar-refractivity contribution in [2.75, 3.05) is 14.2 Å². The fourth-order valence-electron chi connectivity index (χ4n) is 2.49. The molecule has 3 heteroatoms. The summed E-state index contributed by atoms with van der Waals surface area (Å²) in [6, 6.07) is 4.21. The van der Waals surface area contributed by atoms with Crippen LogP contribution in [-0.4, -0.2) is 14.2 Å². The Kier molecular flexibility index (Phi) is 4.15. The van der Waals surface area contributed by atoms with Gasteiger partial charge in [-0.25, -0.2) is 0 Å². The highest BCUT2D eigenvalue weighted by atomic mass is 16.5. The van der Waals surface area contributed by atoms with Crippen LogP contribution in [0.1, 0.15) is 30.7 Å². The number of aryl methyl sites for hydroxylation is 1. The van der Waals surface area contributed by atoms with Gasteiger partial charge in [0.25, 0.3) is 0 Å². The van der Waals surface area contributed by atoms with E-state index in [2.05, 4.69) is 32.2 Å². The first-order valence-corrected chi connectivity index (χ1v) is 6.80. The largest absolute Gasteiger partial charge is 0.493 e. The molecule has 19 heavy (non-hydrogen) atoms. The van der Waals surface area contributed by atoms with E-state index >= 15 is 0 Å². The van der Waals surface area contributed by atoms with Gasteiger partial charge in [0.05, 0.1) is 13.7 Å². The normalized spacial score (nSPS) is 11.5. The highest BCUT2D eigenvalue weighted by Crippen LogP contribution is 2.35. The first kappa shape index (κ1) is 13.9. The molecule has 1 aromatic heterocycles. The van der Waals surface area contributed by atoms with Crippen molar-refractivity contribution in [3.8, 4) is 5.75 Å². The first-order valence-electron chi connectivity index (χ1n) is 6.80. The molecule has 0 atom stereocenters. The molecule has 0 saturated heterocycles. The molecule has 0 amide bonds. The number of ether oxygens (including phenoxy) is 1. The van der Waals surface area contributed by atoms with Gasteiger partial charge >= 0.3 is 0 Å². The summed E-state index contributed by atoms with van der Waals surface area (Å²) >= 11 is 0. The molecule has 3 nitrogen and oxygen atoms in total. The van der Waals surface area contributed by atoms with Crippen LogP contribution in [0.5, 0.6) is 5.75 Å². The smallest absolute Gasteiger partial charge is 0.176 e. The summed E-state index contributed by atoms with van der Waals surface area (Å²) in [4.78, 5) is 0. The van der Waals surface area contributed by atoms with Crippen molar-refractivity contribution in [1.82, 2.24) is 5.32 Å². The Hall–Kier alpha value is -1.48. The van der Waals surface area contributed by atoms with Gasteiger partial charge in [-0.3, -0.25) is 0 Å². The predicted molar refractivity (Wildman–Crippen MR) is 78.8 cm³/mol. The van der Waals surface area contributed by atoms with E-state index in [1.54, 1.807) is 7.11 Å². The molecule has 1 heterocycles. The molecule has 0 radical (unpaired) electrons. The number of methoxy groups -OCH3 is 1. The lowest BCUT2D eigenvalue weighted by molar-refractivity contribution is 0.406. The number of benzene rings is 1. The van der Waals surface area contributed by atoms with Crippen LogP contribution in [0.4, 0.5) is 0 Å². The number of furan rings is 1. The zero-order valence-corrected chi connectivity index (χ0v) is 12.5. The Morgan fingerprint density at radius 3 is 2.63 bits per heavy atom. The molecule has 0 unspecified atom stereocenters. The van der Waals surface area contributed by atoms with Crippen LogP contribution in [0.2, 0.25) is 0 Å². The summed E-state index contributed by atoms with van der Waals surface area (Å²) in [6.07, 6.45) is 1.02. The highest BCUT2D eigenvalue weighted by Gasteiger charge is 2.18. The second kappa shape index (κ2) is 5.66. The number of hydrogen-bond donors (Lipinski definition) is 1. The topological polar surface area (TPSA) is 34.4 Å². The SMILES string of the molecule is CNCc1oc2c(OC)cc(C)cc2c1CC(C)C. The lowest BCUT2D eigenvalue weighted by Gasteiger charge is -2.06. The molecule has 0 saturated carbocycles. The van der Waals surface area contributed by atoms with Crippen LogP contribution in [-0.2, 0) is 13.0 Å². The predicted octanol–water partition coefficient (Wildman–Crippen LogP) is 3.67. The van der Waals surface area contributed by atoms with Crippen LogP contribution in [0.3, 0.4) is 0 Å². The highest BCUT2D eigenvalue weighted by molar-refractivity contribution is 5.88. The maximum Gasteiger partial charge on any atom is 0.176 e. The van der Waals surface area contributed by atoms with E-state index in [-0.39, 0.29) is 0 Å². The van der Waals surface area contributed by atoms with Crippen LogP contribution in [0, 0.1) is 12.8 Å². The molecular weight excluding hydrogens is 238 g/mol. The minimum absolute atomic E-state index is 0.600. The van der Waals surface area contributed by atoms with Crippen LogP contribution >= 0.6 is 0 Å². The van der Waals surface area contributed by atoms with Gasteiger partial charge in [-0.1, -0.05) is 13.8 Å². The number of hydrogen-bond acceptors (Lipinski definition) is 3. The van der Waals surface area contributed by atoms with Gasteiger partial charge in [0.2, 0.25) is 0 Å². The van der Waals surface area contributed by atoms with Gasteiger partial charge in [0, 0.05) is 10.9 Å². The number of rotatable bonds is 5. The van der Waals surface area contributed by atoms with Gasteiger partial charge in [-0.15, -0.1) is 0 Å². The van der Waals surface area contributed by atoms with Crippen molar-refractivity contribution >= 4 is 11.0 Å². The van der Waals surface area contributed by atoms with Gasteiger partial charge in [-0.05, 0) is 44.0 Å². The Labute approximate surface area is 114 Å². The van der Waals surface area contributed by atoms with Gasteiger partial charge < -0.3 is 14.5 Å². The third-order valence-corrected chi connectivity index (χ3v) is 3.26. The summed E-state index contributed by atoms with van der Waals surface area (Å²) in [5, 5.41) is 4.37. The molecule has 0 bridgehead atoms. The Bertz CT molecular complexity index is 570. The lowest BCUT2D eigenvalue weighted by atomic mass is 9.98. The average molecular weight is 261 g/mol. The maximum atomic E-state index is 6.03. The minimum atomic E-state index is 0.600. The summed E-state index contributed by atoms with van der Waals surface area (Å²) in [5.41, 5.74) is 3.38. The monoisotopic (exact) mass is 261 g/mol. The van der Waals surface area contributed by atoms with Gasteiger partial charge in [0.1, 0.15) is 5.76 Å². The van der Waals surface area contributed by atoms with E-state index in [0.29, 0.717) is 5.92 Å². The van der Waals surface area contributed by atoms with Crippen molar-refractivity contribution in [2.24, 2.45) is 5.92 Å². The summed E-state index contributed by atoms with van der Waals surface area (Å²) in [7, 11) is 3.63. The lowest BCUT2D eigenvalue weighted by Crippen LogP contribution is -2.07. The van der Waals surface area contributed by atoms with Crippen LogP contribution < -0.4 is 10.1 Å². The average Bonchev–Trinajstić information content (AvgIpc) is 2.67. The fraction of sp³-hybridized carbons (Fsp3) is 0.500. The van der Waals surface area contributed by atoms with E-state index in [9.17, 15) is 0 Å². The zero-order valence-electron chi connectivity index (χ0n) is 12.5. The van der Waals surface area contributed by atoms with E-state index in [4.69, 9.17) is 9.15 Å². The standard InChI is InChI=1S/C16H23NO2/c1-10(2)6-12-13-7-11(3)8-14(18-5)16(13)19-15(12)9-17-4/h7-8,10,17H,6,9H2,1-5H3. The molecule has 1 N–H and O–H groups in total. The third-order valence-electron chi connectivity index (χ3n) is 3.26. The fourth-order valence-corrected chi connectivity index (χ4v) is 2.49. The Balaban J connectivity index is 2.66. The maximum absolute atomic E-state index is 6.03. The first-order chi connectivity index (χ1) is 9.06. The van der Waals surface area contributed by atoms with Crippen LogP contribution in [0.15, 0.2) is 16.5 Å². The quantitative estimate of drug-likeness (QED) is 0.891. The number of nitrogens with one attached hydrogen (secondary N) is 1. The Morgan fingerprint density at radius 1 is 1.32 bits per heavy atom. The molecular formula is C16H23NO2. The Morgan fingerprint density at radius 2 is 2.05 bits per heavy atom. The molecule has 104 valence electrons. The number of fused-ring (bicyclic) bond motifs is 1. The zero-order chi connectivity index (χ0) is 14.0. The second-order valence-electron chi connectivity index (χ2n) is 5.48. The molecule has 2 rings (SSSR count). The van der Waals surface area contributed by atoms with Gasteiger partial charge in [0.15, 0.2) is 11.3 Å². The van der Waals surface area contributed by atoms with Crippen molar-refractivity contribution in [2.45, 2.75) is 33.7 Å². The van der Waals surface area contributed by atoms with E-state index in [1.165, 1.54) is 16.5 Å². The van der Waals surface area contributed by atoms with E-state index < -0.39 is 0 Å². The van der Waals surface area contributed by atoms with E-state index in [0.717, 1.165) is 30.1 Å². The van der Waals surface area contributed by atoms with Crippen molar-refractivity contribution in [3.05, 3.63) is 29.0 Å². The van der Waals surface area contributed by atoms with E-state index in [1.807, 2.05) is 13.1 Å². The molecule has 0 aliphatic carbocycles. The van der Waals surface area contributed by atoms with Crippen molar-refractivity contribution in [1.29, 1.82) is 0 Å². The molecule has 0 fully saturated rings. The van der Waals surface area contributed by atoms with Crippen molar-refractivity contribution < 1.29 is 9.15 Å². The molecule has 1 aromatic carbocycles. The van der Waals surface area contributed by atoms with Crippen molar-refractivity contribution in [3.63, 3.8) is 0 Å². The van der Waals surface area contributed by atoms with Gasteiger partial charge in [-0.2, -0.15) is 0 Å². The van der Waals surface area contributed by atoms with Crippen LogP contribution in [0.25, 0.3) is 11.0 Å². The summed E-state index contributed by atoms with van der Waals surface area (Å²) in [6.45, 7) is 7.30. The molecule has 0 spiro atoms. The molecule has 0 aliphatic rings. The minimum Gasteiger partial charge on any atom is -0.493 e. The molecule has 0 aliphatic heterocycles. The summed E-state index contributed by atoms with van der Waals surface area (Å²) in [5.74, 6) is 2.44. The second-order valence-corrected chi connectivity index (χ2v) is 5.48.